The lowest BCUT2D eigenvalue weighted by Crippen LogP contribution is -2.09. The number of anilines is 2. The van der Waals surface area contributed by atoms with E-state index >= 15 is 0 Å². The van der Waals surface area contributed by atoms with Crippen molar-refractivity contribution in [3.8, 4) is 0 Å². The van der Waals surface area contributed by atoms with Crippen LogP contribution in [0.4, 0.5) is 11.6 Å². The summed E-state index contributed by atoms with van der Waals surface area (Å²) < 4.78 is 0. The monoisotopic (exact) mass is 269 g/mol. The fourth-order valence-corrected chi connectivity index (χ4v) is 2.07. The van der Waals surface area contributed by atoms with Crippen molar-refractivity contribution in [1.29, 1.82) is 0 Å². The Morgan fingerprint density at radius 2 is 2.05 bits per heavy atom. The van der Waals surface area contributed by atoms with Crippen molar-refractivity contribution in [1.82, 2.24) is 15.0 Å². The summed E-state index contributed by atoms with van der Waals surface area (Å²) in [6.45, 7) is 0.821. The highest BCUT2D eigenvalue weighted by Crippen LogP contribution is 2.38. The fourth-order valence-electron chi connectivity index (χ4n) is 2.07. The molecule has 0 saturated heterocycles. The third kappa shape index (κ3) is 3.23. The molecule has 0 unspecified atom stereocenters. The highest BCUT2D eigenvalue weighted by Gasteiger charge is 2.27. The summed E-state index contributed by atoms with van der Waals surface area (Å²) in [4.78, 5) is 13.4. The minimum atomic E-state index is 0.555. The van der Waals surface area contributed by atoms with Crippen molar-refractivity contribution in [2.45, 2.75) is 25.2 Å². The van der Waals surface area contributed by atoms with Crippen LogP contribution in [0.25, 0.3) is 0 Å². The molecule has 5 nitrogen and oxygen atoms in total. The number of nitrogens with zero attached hydrogens (tertiary/aromatic N) is 3. The average molecular weight is 269 g/mol. The van der Waals surface area contributed by atoms with Crippen molar-refractivity contribution >= 4 is 11.6 Å². The molecule has 2 heterocycles. The third-order valence-electron chi connectivity index (χ3n) is 3.36. The number of hydrogen-bond acceptors (Lipinski definition) is 5. The molecule has 0 amide bonds. The van der Waals surface area contributed by atoms with Crippen molar-refractivity contribution in [3.05, 3.63) is 42.0 Å². The van der Waals surface area contributed by atoms with Crippen LogP contribution >= 0.6 is 0 Å². The van der Waals surface area contributed by atoms with Gasteiger partial charge in [-0.15, -0.1) is 0 Å². The van der Waals surface area contributed by atoms with E-state index in [0.717, 1.165) is 36.1 Å². The summed E-state index contributed by atoms with van der Waals surface area (Å²) in [5, 5.41) is 6.45. The van der Waals surface area contributed by atoms with Gasteiger partial charge in [0.2, 0.25) is 0 Å². The van der Waals surface area contributed by atoms with Gasteiger partial charge < -0.3 is 10.6 Å². The zero-order valence-corrected chi connectivity index (χ0v) is 11.6. The second-order valence-corrected chi connectivity index (χ2v) is 5.02. The van der Waals surface area contributed by atoms with Crippen LogP contribution in [0.2, 0.25) is 0 Å². The Morgan fingerprint density at radius 3 is 2.75 bits per heavy atom. The molecule has 0 bridgehead atoms. The lowest BCUT2D eigenvalue weighted by molar-refractivity contribution is 0.908. The van der Waals surface area contributed by atoms with Crippen LogP contribution in [-0.4, -0.2) is 28.5 Å². The maximum atomic E-state index is 4.59. The summed E-state index contributed by atoms with van der Waals surface area (Å²) >= 11 is 0. The van der Waals surface area contributed by atoms with Gasteiger partial charge in [0.05, 0.1) is 0 Å². The molecule has 1 aliphatic carbocycles. The molecule has 0 aliphatic heterocycles. The van der Waals surface area contributed by atoms with Crippen molar-refractivity contribution < 1.29 is 0 Å². The van der Waals surface area contributed by atoms with Gasteiger partial charge >= 0.3 is 0 Å². The van der Waals surface area contributed by atoms with E-state index in [1.807, 2.05) is 37.5 Å². The molecule has 3 rings (SSSR count). The smallest absolute Gasteiger partial charge is 0.136 e. The standard InChI is InChI=1S/C15H19N5/c1-16-13-10-14(20-15(19-13)11-5-6-11)18-9-7-12-4-2-3-8-17-12/h2-4,8,10-11H,5-7,9H2,1H3,(H2,16,18,19,20). The van der Waals surface area contributed by atoms with Crippen LogP contribution in [0.15, 0.2) is 30.5 Å². The minimum Gasteiger partial charge on any atom is -0.373 e. The van der Waals surface area contributed by atoms with Crippen LogP contribution in [0.5, 0.6) is 0 Å². The molecule has 1 saturated carbocycles. The molecule has 1 aliphatic rings. The normalized spacial score (nSPS) is 14.1. The number of rotatable bonds is 6. The maximum Gasteiger partial charge on any atom is 0.136 e. The van der Waals surface area contributed by atoms with Gasteiger partial charge in [-0.1, -0.05) is 6.07 Å². The average Bonchev–Trinajstić information content (AvgIpc) is 3.33. The first kappa shape index (κ1) is 12.8. The Kier molecular flexibility index (Phi) is 3.76. The topological polar surface area (TPSA) is 62.7 Å². The minimum absolute atomic E-state index is 0.555. The van der Waals surface area contributed by atoms with Gasteiger partial charge in [-0.3, -0.25) is 4.98 Å². The van der Waals surface area contributed by atoms with Crippen LogP contribution in [0, 0.1) is 0 Å². The molecule has 2 aromatic heterocycles. The Labute approximate surface area is 118 Å². The molecule has 0 radical (unpaired) electrons. The lowest BCUT2D eigenvalue weighted by Gasteiger charge is -2.09. The van der Waals surface area contributed by atoms with Gasteiger partial charge in [0.1, 0.15) is 17.5 Å². The first-order valence-electron chi connectivity index (χ1n) is 7.05. The molecule has 0 atom stereocenters. The van der Waals surface area contributed by atoms with Crippen LogP contribution in [-0.2, 0) is 6.42 Å². The van der Waals surface area contributed by atoms with Crippen molar-refractivity contribution in [3.63, 3.8) is 0 Å². The number of nitrogens with one attached hydrogen (secondary N) is 2. The largest absolute Gasteiger partial charge is 0.373 e. The van der Waals surface area contributed by atoms with Gasteiger partial charge in [-0.25, -0.2) is 9.97 Å². The van der Waals surface area contributed by atoms with Gasteiger partial charge in [0.15, 0.2) is 0 Å². The Bertz CT molecular complexity index is 566. The maximum absolute atomic E-state index is 4.59. The first-order valence-corrected chi connectivity index (χ1v) is 7.05. The molecule has 0 spiro atoms. The van der Waals surface area contributed by atoms with Gasteiger partial charge in [0.25, 0.3) is 0 Å². The predicted molar refractivity (Wildman–Crippen MR) is 80.0 cm³/mol. The second kappa shape index (κ2) is 5.86. The summed E-state index contributed by atoms with van der Waals surface area (Å²) in [6.07, 6.45) is 5.13. The molecule has 104 valence electrons. The third-order valence-corrected chi connectivity index (χ3v) is 3.36. The second-order valence-electron chi connectivity index (χ2n) is 5.02. The zero-order chi connectivity index (χ0) is 13.8. The summed E-state index contributed by atoms with van der Waals surface area (Å²) in [6, 6.07) is 7.93. The Balaban J connectivity index is 1.63. The number of aromatic nitrogens is 3. The van der Waals surface area contributed by atoms with E-state index in [4.69, 9.17) is 0 Å². The molecule has 5 heteroatoms. The van der Waals surface area contributed by atoms with E-state index in [0.29, 0.717) is 5.92 Å². The SMILES string of the molecule is CNc1cc(NCCc2ccccn2)nc(C2CC2)n1. The van der Waals surface area contributed by atoms with E-state index < -0.39 is 0 Å². The van der Waals surface area contributed by atoms with E-state index in [1.165, 1.54) is 12.8 Å². The quantitative estimate of drug-likeness (QED) is 0.843. The van der Waals surface area contributed by atoms with Crippen molar-refractivity contribution in [2.75, 3.05) is 24.2 Å². The van der Waals surface area contributed by atoms with E-state index in [2.05, 4.69) is 25.6 Å². The molecular formula is C15H19N5. The predicted octanol–water partition coefficient (Wildman–Crippen LogP) is 2.45. The van der Waals surface area contributed by atoms with Crippen LogP contribution < -0.4 is 10.6 Å². The highest BCUT2D eigenvalue weighted by molar-refractivity contribution is 5.47. The summed E-state index contributed by atoms with van der Waals surface area (Å²) in [5.41, 5.74) is 1.09. The highest BCUT2D eigenvalue weighted by atomic mass is 15.1. The fraction of sp³-hybridized carbons (Fsp3) is 0.400. The van der Waals surface area contributed by atoms with E-state index in [-0.39, 0.29) is 0 Å². The van der Waals surface area contributed by atoms with Crippen molar-refractivity contribution in [2.24, 2.45) is 0 Å². The summed E-state index contributed by atoms with van der Waals surface area (Å²) in [5.74, 6) is 3.28. The first-order chi connectivity index (χ1) is 9.85. The van der Waals surface area contributed by atoms with Crippen LogP contribution in [0.1, 0.15) is 30.3 Å². The van der Waals surface area contributed by atoms with Crippen LogP contribution in [0.3, 0.4) is 0 Å². The molecule has 20 heavy (non-hydrogen) atoms. The van der Waals surface area contributed by atoms with E-state index in [9.17, 15) is 0 Å². The Morgan fingerprint density at radius 1 is 1.20 bits per heavy atom. The summed E-state index contributed by atoms with van der Waals surface area (Å²) in [7, 11) is 1.89. The van der Waals surface area contributed by atoms with E-state index in [1.54, 1.807) is 0 Å². The number of pyridine rings is 1. The van der Waals surface area contributed by atoms with Gasteiger partial charge in [-0.2, -0.15) is 0 Å². The lowest BCUT2D eigenvalue weighted by atomic mass is 10.3. The molecule has 2 N–H and O–H groups in total. The molecule has 0 aromatic carbocycles. The molecular weight excluding hydrogens is 250 g/mol. The molecule has 2 aromatic rings. The zero-order valence-electron chi connectivity index (χ0n) is 11.6. The van der Waals surface area contributed by atoms with Gasteiger partial charge in [-0.05, 0) is 25.0 Å². The van der Waals surface area contributed by atoms with Gasteiger partial charge in [0, 0.05) is 43.9 Å². The molecule has 1 fully saturated rings. The number of hydrogen-bond donors (Lipinski definition) is 2. The Hall–Kier alpha value is -2.17.